The predicted octanol–water partition coefficient (Wildman–Crippen LogP) is 8.16. The molecular weight excluding hydrogens is 952 g/mol. The molecule has 4 aliphatic rings. The number of hydrogen-bond acceptors (Lipinski definition) is 14. The number of nitrogens with one attached hydrogen (secondary N) is 3. The molecule has 2 fully saturated rings. The van der Waals surface area contributed by atoms with E-state index in [9.17, 15) is 27.5 Å². The Hall–Kier alpha value is -5.73. The van der Waals surface area contributed by atoms with Crippen LogP contribution in [0.4, 0.5) is 28.4 Å². The van der Waals surface area contributed by atoms with Crippen LogP contribution in [-0.4, -0.2) is 134 Å². The van der Waals surface area contributed by atoms with Gasteiger partial charge in [0.15, 0.2) is 0 Å². The summed E-state index contributed by atoms with van der Waals surface area (Å²) >= 11 is 6.27. The lowest BCUT2D eigenvalue weighted by Gasteiger charge is -2.39. The number of aromatic amines is 1. The van der Waals surface area contributed by atoms with E-state index in [-0.39, 0.29) is 29.3 Å². The third kappa shape index (κ3) is 11.4. The number of carbonyl (C=O) groups excluding carboxylic acids is 1. The number of ether oxygens (including phenoxy) is 1. The summed E-state index contributed by atoms with van der Waals surface area (Å²) in [5.74, 6) is -0.517. The zero-order chi connectivity index (χ0) is 49.4. The Morgan fingerprint density at radius 1 is 0.943 bits per heavy atom. The highest BCUT2D eigenvalue weighted by molar-refractivity contribution is 7.92. The Labute approximate surface area is 415 Å². The number of benzene rings is 3. The molecule has 0 bridgehead atoms. The standard InChI is InChI=1S/C50H61ClN10O7S2/c1-50(2)17-13-36(42(32-50)34-5-7-37(51)8-6-34)33-58-23-25-59(26-24-58)39-9-11-41(44(30-39)60-27-28-68-49-46(60)29-35-14-18-53-47(35)54-49)48(62)56-70(66,67)40-10-12-43(45(31-40)61(63)64)52-19-22-57-20-15-38(16-21-57)55-69(3,4)65/h5-12,14,18,29-31,38,52H,13,15-17,19-28,32-33H2,1-4H3,(H,53,54)(H,56,62). The van der Waals surface area contributed by atoms with Crippen molar-refractivity contribution in [2.75, 3.05) is 99.7 Å². The Bertz CT molecular complexity index is 3060. The summed E-state index contributed by atoms with van der Waals surface area (Å²) in [6.45, 7) is 11.8. The van der Waals surface area contributed by atoms with Crippen molar-refractivity contribution in [2.24, 2.45) is 9.78 Å². The van der Waals surface area contributed by atoms with Gasteiger partial charge in [-0.05, 0) is 103 Å². The molecule has 2 saturated heterocycles. The van der Waals surface area contributed by atoms with Crippen molar-refractivity contribution in [1.82, 2.24) is 24.5 Å². The average Bonchev–Trinajstić information content (AvgIpc) is 3.79. The number of aromatic nitrogens is 2. The van der Waals surface area contributed by atoms with Crippen LogP contribution in [0, 0.1) is 15.5 Å². The van der Waals surface area contributed by atoms with E-state index in [2.05, 4.69) is 60.1 Å². The molecule has 9 rings (SSSR count). The van der Waals surface area contributed by atoms with Gasteiger partial charge < -0.3 is 29.7 Å². The Morgan fingerprint density at radius 3 is 2.43 bits per heavy atom. The lowest BCUT2D eigenvalue weighted by atomic mass is 9.72. The maximum Gasteiger partial charge on any atom is 0.293 e. The number of piperazine rings is 1. The van der Waals surface area contributed by atoms with Crippen molar-refractivity contribution in [3.05, 3.63) is 111 Å². The van der Waals surface area contributed by atoms with Gasteiger partial charge in [0.25, 0.3) is 21.6 Å². The number of anilines is 4. The maximum absolute atomic E-state index is 14.4. The summed E-state index contributed by atoms with van der Waals surface area (Å²) in [4.78, 5) is 42.4. The number of rotatable bonds is 14. The van der Waals surface area contributed by atoms with Crippen molar-refractivity contribution >= 4 is 82.3 Å². The number of hydrogen-bond donors (Lipinski definition) is 3. The molecule has 0 unspecified atom stereocenters. The number of nitro groups is 1. The first kappa shape index (κ1) is 49.3. The van der Waals surface area contributed by atoms with Crippen molar-refractivity contribution in [1.29, 1.82) is 0 Å². The molecule has 2 aromatic heterocycles. The zero-order valence-electron chi connectivity index (χ0n) is 40.1. The SMILES string of the molecule is CC1(C)CCC(CN2CCN(c3ccc(C(=O)NS(=O)(=O)c4ccc(NCCN5CCC(N=S(C)(C)=O)CC5)c([N+](=O)[O-])c4)c(N4CCOc5nc6[nH]ccc6cc54)c3)CC2)=C(c2ccc(Cl)cc2)C1. The third-order valence-corrected chi connectivity index (χ3v) is 16.2. The molecule has 0 atom stereocenters. The summed E-state index contributed by atoms with van der Waals surface area (Å²) in [6, 6.07) is 21.1. The second-order valence-corrected chi connectivity index (χ2v) is 24.5. The minimum atomic E-state index is -4.60. The minimum absolute atomic E-state index is 0.0457. The number of sulfonamides is 1. The highest BCUT2D eigenvalue weighted by atomic mass is 35.5. The smallest absolute Gasteiger partial charge is 0.293 e. The topological polar surface area (TPSA) is 199 Å². The van der Waals surface area contributed by atoms with Gasteiger partial charge in [-0.3, -0.25) is 24.0 Å². The van der Waals surface area contributed by atoms with E-state index in [0.29, 0.717) is 42.5 Å². The van der Waals surface area contributed by atoms with Gasteiger partial charge in [0.05, 0.1) is 33.7 Å². The number of carbonyl (C=O) groups is 1. The fourth-order valence-electron chi connectivity index (χ4n) is 10.1. The first-order valence-electron chi connectivity index (χ1n) is 23.8. The summed E-state index contributed by atoms with van der Waals surface area (Å²) < 4.78 is 52.8. The Balaban J connectivity index is 0.931. The second-order valence-electron chi connectivity index (χ2n) is 19.8. The summed E-state index contributed by atoms with van der Waals surface area (Å²) in [6.07, 6.45) is 9.80. The second kappa shape index (κ2) is 20.2. The molecular formula is C50H61ClN10O7S2. The lowest BCUT2D eigenvalue weighted by molar-refractivity contribution is -0.384. The van der Waals surface area contributed by atoms with Gasteiger partial charge in [-0.2, -0.15) is 4.98 Å². The van der Waals surface area contributed by atoms with E-state index in [1.807, 2.05) is 41.3 Å². The van der Waals surface area contributed by atoms with E-state index >= 15 is 0 Å². The highest BCUT2D eigenvalue weighted by Gasteiger charge is 2.32. The molecule has 0 saturated carbocycles. The lowest BCUT2D eigenvalue weighted by Crippen LogP contribution is -2.47. The number of likely N-dealkylation sites (tertiary alicyclic amines) is 1. The molecule has 3 aliphatic heterocycles. The van der Waals surface area contributed by atoms with Crippen LogP contribution in [0.1, 0.15) is 61.9 Å². The molecule has 372 valence electrons. The van der Waals surface area contributed by atoms with E-state index in [1.165, 1.54) is 28.8 Å². The van der Waals surface area contributed by atoms with Crippen LogP contribution >= 0.6 is 11.6 Å². The number of halogens is 1. The first-order chi connectivity index (χ1) is 33.4. The van der Waals surface area contributed by atoms with E-state index in [4.69, 9.17) is 21.3 Å². The fourth-order valence-corrected chi connectivity index (χ4v) is 12.1. The van der Waals surface area contributed by atoms with Crippen LogP contribution < -0.4 is 24.6 Å². The van der Waals surface area contributed by atoms with Gasteiger partial charge in [-0.25, -0.2) is 17.5 Å². The average molecular weight is 1010 g/mol. The quantitative estimate of drug-likeness (QED) is 0.0712. The molecule has 1 amide bonds. The fraction of sp³-hybridized carbons (Fsp3) is 0.440. The van der Waals surface area contributed by atoms with Crippen molar-refractivity contribution in [3.63, 3.8) is 0 Å². The number of amides is 1. The summed E-state index contributed by atoms with van der Waals surface area (Å²) in [5.41, 5.74) is 6.76. The Morgan fingerprint density at radius 2 is 1.70 bits per heavy atom. The largest absolute Gasteiger partial charge is 0.474 e. The van der Waals surface area contributed by atoms with Crippen LogP contribution in [0.5, 0.6) is 5.88 Å². The molecule has 5 aromatic rings. The third-order valence-electron chi connectivity index (χ3n) is 13.8. The van der Waals surface area contributed by atoms with E-state index < -0.39 is 41.2 Å². The normalized spacial score (nSPS) is 18.4. The summed E-state index contributed by atoms with van der Waals surface area (Å²) in [5, 5.41) is 17.0. The monoisotopic (exact) mass is 1010 g/mol. The number of nitrogens with zero attached hydrogens (tertiary/aromatic N) is 7. The Kier molecular flexibility index (Phi) is 14.2. The van der Waals surface area contributed by atoms with Crippen LogP contribution in [0.25, 0.3) is 16.6 Å². The zero-order valence-corrected chi connectivity index (χ0v) is 42.5. The molecule has 0 radical (unpaired) electrons. The number of piperidine rings is 1. The number of nitro benzene ring substituents is 1. The summed E-state index contributed by atoms with van der Waals surface area (Å²) in [7, 11) is -6.78. The van der Waals surface area contributed by atoms with Crippen LogP contribution in [-0.2, 0) is 19.8 Å². The molecule has 20 heteroatoms. The van der Waals surface area contributed by atoms with Gasteiger partial charge in [0.2, 0.25) is 5.88 Å². The van der Waals surface area contributed by atoms with Crippen LogP contribution in [0.2, 0.25) is 5.02 Å². The first-order valence-corrected chi connectivity index (χ1v) is 28.0. The molecule has 1 aliphatic carbocycles. The van der Waals surface area contributed by atoms with Crippen LogP contribution in [0.15, 0.2) is 93.8 Å². The maximum atomic E-state index is 14.4. The van der Waals surface area contributed by atoms with Gasteiger partial charge >= 0.3 is 0 Å². The van der Waals surface area contributed by atoms with Crippen molar-refractivity contribution < 1.29 is 27.1 Å². The number of pyridine rings is 1. The highest BCUT2D eigenvalue weighted by Crippen LogP contribution is 2.44. The van der Waals surface area contributed by atoms with E-state index in [1.54, 1.807) is 24.8 Å². The van der Waals surface area contributed by atoms with Gasteiger partial charge in [-0.15, -0.1) is 0 Å². The minimum Gasteiger partial charge on any atom is -0.474 e. The number of fused-ring (bicyclic) bond motifs is 2. The predicted molar refractivity (Wildman–Crippen MR) is 278 cm³/mol. The molecule has 3 aromatic carbocycles. The van der Waals surface area contributed by atoms with E-state index in [0.717, 1.165) is 100 Å². The molecule has 0 spiro atoms. The number of allylic oxidation sites excluding steroid dienone is 1. The molecule has 70 heavy (non-hydrogen) atoms. The van der Waals surface area contributed by atoms with Gasteiger partial charge in [0.1, 0.15) is 23.6 Å². The van der Waals surface area contributed by atoms with Crippen molar-refractivity contribution in [3.8, 4) is 5.88 Å². The number of H-pyrrole nitrogens is 1. The molecule has 5 heterocycles. The van der Waals surface area contributed by atoms with Gasteiger partial charge in [-0.1, -0.05) is 43.2 Å². The van der Waals surface area contributed by atoms with Gasteiger partial charge in [0, 0.05) is 110 Å². The molecule has 3 N–H and O–H groups in total. The van der Waals surface area contributed by atoms with Crippen LogP contribution in [0.3, 0.4) is 0 Å². The molecule has 17 nitrogen and oxygen atoms in total. The van der Waals surface area contributed by atoms with Crippen molar-refractivity contribution in [2.45, 2.75) is 56.9 Å².